The van der Waals surface area contributed by atoms with Crippen LogP contribution in [0.25, 0.3) is 0 Å². The molecule has 0 aromatic heterocycles. The Morgan fingerprint density at radius 2 is 2.25 bits per heavy atom. The normalized spacial score (nSPS) is 30.8. The molecule has 1 aliphatic heterocycles. The molecule has 0 saturated carbocycles. The largest absolute Gasteiger partial charge is 0.372 e. The molecule has 16 heavy (non-hydrogen) atoms. The molecule has 0 unspecified atom stereocenters. The Kier molecular flexibility index (Phi) is 2.49. The standard InChI is InChI=1S/C14H16N2/c1-2-7-13-11(4-1)5-3-6-12(13)10-14-15-8-9-16-14/h1-7,12-13H,8-10H2,(H,15,16)/t12-,13-/m1/s1. The number of fused-ring (bicyclic) bond motifs is 1. The molecule has 0 bridgehead atoms. The number of nitrogens with one attached hydrogen (secondary N) is 1. The van der Waals surface area contributed by atoms with Crippen LogP contribution in [0, 0.1) is 11.8 Å². The van der Waals surface area contributed by atoms with Crippen LogP contribution >= 0.6 is 0 Å². The van der Waals surface area contributed by atoms with Crippen molar-refractivity contribution in [1.82, 2.24) is 5.32 Å². The molecule has 2 nitrogen and oxygen atoms in total. The predicted molar refractivity (Wildman–Crippen MR) is 67.4 cm³/mol. The SMILES string of the molecule is C1=CC2=CC=C[C@H](CC3=NCCN3)[C@@H]2C=C1. The topological polar surface area (TPSA) is 24.4 Å². The highest BCUT2D eigenvalue weighted by atomic mass is 15.1. The van der Waals surface area contributed by atoms with Gasteiger partial charge in [0, 0.05) is 18.9 Å². The second-order valence-electron chi connectivity index (χ2n) is 4.44. The molecular weight excluding hydrogens is 196 g/mol. The van der Waals surface area contributed by atoms with Crippen LogP contribution in [0.3, 0.4) is 0 Å². The van der Waals surface area contributed by atoms with Crippen LogP contribution in [0.15, 0.2) is 53.1 Å². The monoisotopic (exact) mass is 212 g/mol. The smallest absolute Gasteiger partial charge is 0.0970 e. The third-order valence-electron chi connectivity index (χ3n) is 3.38. The van der Waals surface area contributed by atoms with E-state index < -0.39 is 0 Å². The summed E-state index contributed by atoms with van der Waals surface area (Å²) in [7, 11) is 0. The molecule has 1 heterocycles. The Balaban J connectivity index is 1.76. The first-order valence-corrected chi connectivity index (χ1v) is 5.94. The minimum atomic E-state index is 0.542. The van der Waals surface area contributed by atoms with Crippen molar-refractivity contribution in [3.8, 4) is 0 Å². The lowest BCUT2D eigenvalue weighted by Crippen LogP contribution is -2.25. The van der Waals surface area contributed by atoms with Gasteiger partial charge in [-0.25, -0.2) is 0 Å². The van der Waals surface area contributed by atoms with E-state index in [9.17, 15) is 0 Å². The van der Waals surface area contributed by atoms with Crippen LogP contribution in [0.4, 0.5) is 0 Å². The Morgan fingerprint density at radius 1 is 1.25 bits per heavy atom. The molecule has 0 radical (unpaired) electrons. The van der Waals surface area contributed by atoms with E-state index in [2.05, 4.69) is 52.8 Å². The second-order valence-corrected chi connectivity index (χ2v) is 4.44. The zero-order valence-corrected chi connectivity index (χ0v) is 9.26. The average Bonchev–Trinajstić information content (AvgIpc) is 2.82. The van der Waals surface area contributed by atoms with Gasteiger partial charge in [0.05, 0.1) is 12.4 Å². The second kappa shape index (κ2) is 4.12. The highest BCUT2D eigenvalue weighted by Gasteiger charge is 2.24. The summed E-state index contributed by atoms with van der Waals surface area (Å²) in [5.74, 6) is 2.28. The van der Waals surface area contributed by atoms with Crippen LogP contribution in [0.2, 0.25) is 0 Å². The van der Waals surface area contributed by atoms with Crippen LogP contribution in [-0.2, 0) is 0 Å². The number of amidine groups is 1. The van der Waals surface area contributed by atoms with Crippen molar-refractivity contribution in [2.75, 3.05) is 13.1 Å². The molecule has 0 aromatic rings. The summed E-state index contributed by atoms with van der Waals surface area (Å²) in [5.41, 5.74) is 1.42. The molecule has 2 heteroatoms. The van der Waals surface area contributed by atoms with Gasteiger partial charge in [-0.05, 0) is 11.5 Å². The molecule has 3 rings (SSSR count). The number of hydrogen-bond donors (Lipinski definition) is 1. The summed E-state index contributed by atoms with van der Waals surface area (Å²) < 4.78 is 0. The van der Waals surface area contributed by atoms with Gasteiger partial charge in [0.25, 0.3) is 0 Å². The van der Waals surface area contributed by atoms with Crippen LogP contribution < -0.4 is 5.32 Å². The van der Waals surface area contributed by atoms with Gasteiger partial charge in [-0.1, -0.05) is 42.5 Å². The number of rotatable bonds is 2. The van der Waals surface area contributed by atoms with E-state index in [1.807, 2.05) is 0 Å². The van der Waals surface area contributed by atoms with Crippen molar-refractivity contribution in [2.24, 2.45) is 16.8 Å². The Morgan fingerprint density at radius 3 is 3.12 bits per heavy atom. The minimum absolute atomic E-state index is 0.542. The number of nitrogens with zero attached hydrogens (tertiary/aromatic N) is 1. The van der Waals surface area contributed by atoms with Crippen molar-refractivity contribution >= 4 is 5.84 Å². The Labute approximate surface area is 96.2 Å². The summed E-state index contributed by atoms with van der Waals surface area (Å²) in [6.45, 7) is 1.95. The third kappa shape index (κ3) is 1.75. The molecule has 2 aliphatic carbocycles. The van der Waals surface area contributed by atoms with Crippen molar-refractivity contribution in [3.05, 3.63) is 48.1 Å². The third-order valence-corrected chi connectivity index (χ3v) is 3.38. The molecule has 0 fully saturated rings. The lowest BCUT2D eigenvalue weighted by Gasteiger charge is -2.27. The van der Waals surface area contributed by atoms with E-state index >= 15 is 0 Å². The number of aliphatic imine (C=N–C) groups is 1. The average molecular weight is 212 g/mol. The van der Waals surface area contributed by atoms with E-state index in [4.69, 9.17) is 0 Å². The van der Waals surface area contributed by atoms with Gasteiger partial charge in [-0.3, -0.25) is 4.99 Å². The molecule has 0 saturated heterocycles. The summed E-state index contributed by atoms with van der Waals surface area (Å²) in [6.07, 6.45) is 16.5. The van der Waals surface area contributed by atoms with Gasteiger partial charge in [-0.15, -0.1) is 0 Å². The molecule has 3 aliphatic rings. The Bertz CT molecular complexity index is 424. The van der Waals surface area contributed by atoms with Gasteiger partial charge in [0.2, 0.25) is 0 Å². The summed E-state index contributed by atoms with van der Waals surface area (Å²) in [5, 5.41) is 3.35. The zero-order chi connectivity index (χ0) is 10.8. The summed E-state index contributed by atoms with van der Waals surface area (Å²) in [6, 6.07) is 0. The molecule has 0 spiro atoms. The molecule has 0 amide bonds. The van der Waals surface area contributed by atoms with Gasteiger partial charge < -0.3 is 5.32 Å². The fraction of sp³-hybridized carbons (Fsp3) is 0.357. The highest BCUT2D eigenvalue weighted by molar-refractivity contribution is 5.84. The van der Waals surface area contributed by atoms with Gasteiger partial charge in [0.15, 0.2) is 0 Å². The molecule has 0 aromatic carbocycles. The van der Waals surface area contributed by atoms with E-state index in [0.717, 1.165) is 19.5 Å². The van der Waals surface area contributed by atoms with E-state index in [-0.39, 0.29) is 0 Å². The Hall–Kier alpha value is -1.57. The highest BCUT2D eigenvalue weighted by Crippen LogP contribution is 2.33. The zero-order valence-electron chi connectivity index (χ0n) is 9.26. The van der Waals surface area contributed by atoms with E-state index in [1.54, 1.807) is 0 Å². The van der Waals surface area contributed by atoms with Crippen molar-refractivity contribution < 1.29 is 0 Å². The van der Waals surface area contributed by atoms with Gasteiger partial charge >= 0.3 is 0 Å². The van der Waals surface area contributed by atoms with Crippen molar-refractivity contribution in [2.45, 2.75) is 6.42 Å². The van der Waals surface area contributed by atoms with Gasteiger partial charge in [-0.2, -0.15) is 0 Å². The first-order valence-electron chi connectivity index (χ1n) is 5.94. The molecule has 2 atom stereocenters. The molecular formula is C14H16N2. The number of allylic oxidation sites excluding steroid dienone is 8. The first-order chi connectivity index (χ1) is 7.93. The summed E-state index contributed by atoms with van der Waals surface area (Å²) >= 11 is 0. The predicted octanol–water partition coefficient (Wildman–Crippen LogP) is 2.23. The first kappa shape index (κ1) is 9.64. The minimum Gasteiger partial charge on any atom is -0.372 e. The maximum absolute atomic E-state index is 4.48. The molecule has 82 valence electrons. The van der Waals surface area contributed by atoms with Crippen LogP contribution in [0.5, 0.6) is 0 Å². The fourth-order valence-corrected chi connectivity index (χ4v) is 2.56. The maximum atomic E-state index is 4.48. The fourth-order valence-electron chi connectivity index (χ4n) is 2.56. The van der Waals surface area contributed by atoms with Crippen molar-refractivity contribution in [1.29, 1.82) is 0 Å². The van der Waals surface area contributed by atoms with Crippen LogP contribution in [0.1, 0.15) is 6.42 Å². The molecule has 1 N–H and O–H groups in total. The van der Waals surface area contributed by atoms with E-state index in [1.165, 1.54) is 11.4 Å². The number of hydrogen-bond acceptors (Lipinski definition) is 2. The van der Waals surface area contributed by atoms with E-state index in [0.29, 0.717) is 11.8 Å². The van der Waals surface area contributed by atoms with Gasteiger partial charge in [0.1, 0.15) is 0 Å². The quantitative estimate of drug-likeness (QED) is 0.746. The maximum Gasteiger partial charge on any atom is 0.0970 e. The lowest BCUT2D eigenvalue weighted by molar-refractivity contribution is 0.548. The van der Waals surface area contributed by atoms with Crippen LogP contribution in [-0.4, -0.2) is 18.9 Å². The summed E-state index contributed by atoms with van der Waals surface area (Å²) in [4.78, 5) is 4.48. The lowest BCUT2D eigenvalue weighted by atomic mass is 9.78. The van der Waals surface area contributed by atoms with Crippen molar-refractivity contribution in [3.63, 3.8) is 0 Å².